The van der Waals surface area contributed by atoms with Crippen molar-refractivity contribution in [2.75, 3.05) is 11.1 Å². The van der Waals surface area contributed by atoms with Crippen LogP contribution in [0.4, 0.5) is 5.69 Å². The van der Waals surface area contributed by atoms with Crippen molar-refractivity contribution in [3.8, 4) is 0 Å². The van der Waals surface area contributed by atoms with E-state index in [1.165, 1.54) is 23.9 Å². The molecule has 0 bridgehead atoms. The van der Waals surface area contributed by atoms with Crippen LogP contribution in [0.3, 0.4) is 0 Å². The number of ketones is 1. The number of benzene rings is 3. The fourth-order valence-electron chi connectivity index (χ4n) is 2.60. The Labute approximate surface area is 176 Å². The van der Waals surface area contributed by atoms with Crippen LogP contribution in [0.2, 0.25) is 5.02 Å². The van der Waals surface area contributed by atoms with Gasteiger partial charge in [0, 0.05) is 21.2 Å². The molecule has 146 valence electrons. The molecule has 0 aliphatic heterocycles. The second-order valence-electron chi connectivity index (χ2n) is 6.05. The molecule has 1 amide bonds. The molecule has 2 N–H and O–H groups in total. The molecule has 0 atom stereocenters. The number of rotatable bonds is 7. The maximum atomic E-state index is 12.5. The number of aromatic carboxylic acids is 1. The Morgan fingerprint density at radius 2 is 1.59 bits per heavy atom. The van der Waals surface area contributed by atoms with Gasteiger partial charge in [-0.2, -0.15) is 0 Å². The third kappa shape index (κ3) is 5.47. The zero-order chi connectivity index (χ0) is 20.8. The van der Waals surface area contributed by atoms with Crippen molar-refractivity contribution in [2.45, 2.75) is 4.90 Å². The summed E-state index contributed by atoms with van der Waals surface area (Å²) in [5.41, 5.74) is 1.11. The number of thioether (sulfide) groups is 1. The molecule has 3 aromatic carbocycles. The quantitative estimate of drug-likeness (QED) is 0.398. The lowest BCUT2D eigenvalue weighted by Crippen LogP contribution is -2.16. The van der Waals surface area contributed by atoms with Crippen molar-refractivity contribution >= 4 is 46.7 Å². The minimum absolute atomic E-state index is 0.0310. The highest BCUT2D eigenvalue weighted by Crippen LogP contribution is 2.24. The van der Waals surface area contributed by atoms with Crippen LogP contribution in [0.15, 0.2) is 77.7 Å². The van der Waals surface area contributed by atoms with Gasteiger partial charge in [-0.1, -0.05) is 29.8 Å². The van der Waals surface area contributed by atoms with E-state index in [-0.39, 0.29) is 22.7 Å². The van der Waals surface area contributed by atoms with Gasteiger partial charge in [0.1, 0.15) is 0 Å². The predicted molar refractivity (Wildman–Crippen MR) is 114 cm³/mol. The molecule has 0 fully saturated rings. The minimum Gasteiger partial charge on any atom is -0.478 e. The Kier molecular flexibility index (Phi) is 6.69. The van der Waals surface area contributed by atoms with E-state index in [0.717, 1.165) is 4.90 Å². The second kappa shape index (κ2) is 9.41. The number of carbonyl (C=O) groups excluding carboxylic acids is 2. The van der Waals surface area contributed by atoms with Crippen LogP contribution in [0.25, 0.3) is 0 Å². The summed E-state index contributed by atoms with van der Waals surface area (Å²) >= 11 is 7.18. The average molecular weight is 426 g/mol. The van der Waals surface area contributed by atoms with Crippen molar-refractivity contribution in [1.82, 2.24) is 0 Å². The molecule has 0 spiro atoms. The minimum atomic E-state index is -1.17. The van der Waals surface area contributed by atoms with Crippen molar-refractivity contribution in [1.29, 1.82) is 0 Å². The summed E-state index contributed by atoms with van der Waals surface area (Å²) in [5.74, 6) is -1.47. The van der Waals surface area contributed by atoms with Gasteiger partial charge in [0.05, 0.1) is 16.9 Å². The topological polar surface area (TPSA) is 83.5 Å². The van der Waals surface area contributed by atoms with E-state index in [2.05, 4.69) is 5.32 Å². The predicted octanol–water partition coefficient (Wildman–Crippen LogP) is 5.27. The van der Waals surface area contributed by atoms with E-state index in [4.69, 9.17) is 11.6 Å². The highest BCUT2D eigenvalue weighted by molar-refractivity contribution is 8.00. The Morgan fingerprint density at radius 1 is 0.897 bits per heavy atom. The van der Waals surface area contributed by atoms with Crippen molar-refractivity contribution in [3.05, 3.63) is 94.5 Å². The molecule has 0 saturated carbocycles. The van der Waals surface area contributed by atoms with E-state index in [1.54, 1.807) is 54.6 Å². The van der Waals surface area contributed by atoms with Crippen LogP contribution in [-0.4, -0.2) is 28.5 Å². The first-order valence-corrected chi connectivity index (χ1v) is 9.95. The van der Waals surface area contributed by atoms with E-state index >= 15 is 0 Å². The van der Waals surface area contributed by atoms with Crippen molar-refractivity contribution in [3.63, 3.8) is 0 Å². The lowest BCUT2D eigenvalue weighted by Gasteiger charge is -2.09. The Balaban J connectivity index is 1.67. The molecule has 7 heteroatoms. The maximum absolute atomic E-state index is 12.5. The maximum Gasteiger partial charge on any atom is 0.336 e. The summed E-state index contributed by atoms with van der Waals surface area (Å²) in [6.45, 7) is 0. The molecule has 0 aliphatic carbocycles. The molecule has 3 rings (SSSR count). The fourth-order valence-corrected chi connectivity index (χ4v) is 3.57. The normalized spacial score (nSPS) is 10.4. The van der Waals surface area contributed by atoms with Crippen molar-refractivity contribution in [2.24, 2.45) is 0 Å². The summed E-state index contributed by atoms with van der Waals surface area (Å²) < 4.78 is 0. The number of hydrogen-bond donors (Lipinski definition) is 2. The number of nitrogens with one attached hydrogen (secondary N) is 1. The van der Waals surface area contributed by atoms with Gasteiger partial charge in [0.15, 0.2) is 5.78 Å². The number of anilines is 1. The van der Waals surface area contributed by atoms with Gasteiger partial charge in [-0.25, -0.2) is 4.79 Å². The SMILES string of the molecule is O=C(CSc1cccc(NC(=O)c2ccccc2C(=O)O)c1)c1ccc(Cl)cc1. The number of halogens is 1. The first-order valence-electron chi connectivity index (χ1n) is 8.59. The first kappa shape index (κ1) is 20.6. The third-order valence-corrected chi connectivity index (χ3v) is 5.28. The van der Waals surface area contributed by atoms with Crippen LogP contribution in [0.5, 0.6) is 0 Å². The van der Waals surface area contributed by atoms with Crippen LogP contribution in [0, 0.1) is 0 Å². The Bertz CT molecular complexity index is 1070. The Hall–Kier alpha value is -3.09. The summed E-state index contributed by atoms with van der Waals surface area (Å²) in [6, 6.07) is 19.7. The monoisotopic (exact) mass is 425 g/mol. The smallest absolute Gasteiger partial charge is 0.336 e. The molecular formula is C22H16ClNO4S. The second-order valence-corrected chi connectivity index (χ2v) is 7.54. The molecule has 0 unspecified atom stereocenters. The first-order chi connectivity index (χ1) is 13.9. The highest BCUT2D eigenvalue weighted by Gasteiger charge is 2.16. The van der Waals surface area contributed by atoms with Gasteiger partial charge in [-0.05, 0) is 54.6 Å². The summed E-state index contributed by atoms with van der Waals surface area (Å²) in [4.78, 5) is 36.9. The number of carbonyl (C=O) groups is 3. The zero-order valence-corrected chi connectivity index (χ0v) is 16.7. The van der Waals surface area contributed by atoms with Crippen LogP contribution >= 0.6 is 23.4 Å². The lowest BCUT2D eigenvalue weighted by molar-refractivity contribution is 0.0692. The van der Waals surface area contributed by atoms with Crippen LogP contribution < -0.4 is 5.32 Å². The van der Waals surface area contributed by atoms with E-state index < -0.39 is 11.9 Å². The molecule has 5 nitrogen and oxygen atoms in total. The molecule has 0 aliphatic rings. The summed E-state index contributed by atoms with van der Waals surface area (Å²) in [5, 5.41) is 12.5. The largest absolute Gasteiger partial charge is 0.478 e. The molecule has 3 aromatic rings. The van der Waals surface area contributed by atoms with E-state index in [1.807, 2.05) is 6.07 Å². The molecular weight excluding hydrogens is 410 g/mol. The van der Waals surface area contributed by atoms with Crippen LogP contribution in [0.1, 0.15) is 31.1 Å². The Morgan fingerprint density at radius 3 is 2.28 bits per heavy atom. The van der Waals surface area contributed by atoms with Gasteiger partial charge >= 0.3 is 5.97 Å². The molecule has 0 heterocycles. The van der Waals surface area contributed by atoms with Crippen LogP contribution in [-0.2, 0) is 0 Å². The van der Waals surface area contributed by atoms with Gasteiger partial charge < -0.3 is 10.4 Å². The number of amides is 1. The van der Waals surface area contributed by atoms with Gasteiger partial charge in [0.25, 0.3) is 5.91 Å². The number of carboxylic acid groups (broad SMARTS) is 1. The number of carboxylic acids is 1. The van der Waals surface area contributed by atoms with Gasteiger partial charge in [0.2, 0.25) is 0 Å². The number of hydrogen-bond acceptors (Lipinski definition) is 4. The lowest BCUT2D eigenvalue weighted by atomic mass is 10.1. The van der Waals surface area contributed by atoms with Gasteiger partial charge in [-0.15, -0.1) is 11.8 Å². The van der Waals surface area contributed by atoms with E-state index in [9.17, 15) is 19.5 Å². The van der Waals surface area contributed by atoms with Gasteiger partial charge in [-0.3, -0.25) is 9.59 Å². The fraction of sp³-hybridized carbons (Fsp3) is 0.0455. The third-order valence-electron chi connectivity index (χ3n) is 4.03. The molecule has 0 aromatic heterocycles. The number of Topliss-reactive ketones (excluding diaryl/α,β-unsaturated/α-hetero) is 1. The standard InChI is InChI=1S/C22H16ClNO4S/c23-15-10-8-14(9-11-15)20(25)13-29-17-5-3-4-16(12-17)24-21(26)18-6-1-2-7-19(18)22(27)28/h1-12H,13H2,(H,24,26)(H,27,28). The highest BCUT2D eigenvalue weighted by atomic mass is 35.5. The zero-order valence-electron chi connectivity index (χ0n) is 15.1. The summed E-state index contributed by atoms with van der Waals surface area (Å²) in [6.07, 6.45) is 0. The molecule has 0 saturated heterocycles. The summed E-state index contributed by atoms with van der Waals surface area (Å²) in [7, 11) is 0. The average Bonchev–Trinajstić information content (AvgIpc) is 2.72. The molecule has 0 radical (unpaired) electrons. The molecule has 29 heavy (non-hydrogen) atoms. The van der Waals surface area contributed by atoms with E-state index in [0.29, 0.717) is 16.3 Å². The van der Waals surface area contributed by atoms with Crippen molar-refractivity contribution < 1.29 is 19.5 Å².